The predicted molar refractivity (Wildman–Crippen MR) is 51.4 cm³/mol. The Morgan fingerprint density at radius 1 is 1.38 bits per heavy atom. The van der Waals surface area contributed by atoms with Crippen LogP contribution in [-0.2, 0) is 0 Å². The average Bonchev–Trinajstić information content (AvgIpc) is 2.51. The van der Waals surface area contributed by atoms with Crippen molar-refractivity contribution in [3.63, 3.8) is 0 Å². The zero-order valence-electron chi connectivity index (χ0n) is 6.70. The van der Waals surface area contributed by atoms with Crippen molar-refractivity contribution in [1.82, 2.24) is 5.16 Å². The monoisotopic (exact) mass is 194 g/mol. The van der Waals surface area contributed by atoms with Gasteiger partial charge in [0.05, 0.1) is 5.56 Å². The molecule has 0 atom stereocenters. The summed E-state index contributed by atoms with van der Waals surface area (Å²) in [4.78, 5) is 0. The molecule has 2 rings (SSSR count). The van der Waals surface area contributed by atoms with E-state index in [0.29, 0.717) is 10.8 Å². The Morgan fingerprint density at radius 3 is 2.85 bits per heavy atom. The number of nitrogen functional groups attached to an aromatic ring is 1. The topological polar surface area (TPSA) is 52.0 Å². The molecular formula is C9H7ClN2O. The summed E-state index contributed by atoms with van der Waals surface area (Å²) in [5.41, 5.74) is 7.25. The zero-order valence-corrected chi connectivity index (χ0v) is 7.45. The molecule has 0 unspecified atom stereocenters. The van der Waals surface area contributed by atoms with Crippen LogP contribution in [0.4, 0.5) is 5.82 Å². The van der Waals surface area contributed by atoms with E-state index in [1.807, 2.05) is 18.2 Å². The van der Waals surface area contributed by atoms with E-state index in [-0.39, 0.29) is 0 Å². The third-order valence-corrected chi connectivity index (χ3v) is 1.97. The third kappa shape index (κ3) is 1.51. The van der Waals surface area contributed by atoms with Crippen LogP contribution in [0.3, 0.4) is 0 Å². The first-order valence-corrected chi connectivity index (χ1v) is 4.11. The Morgan fingerprint density at radius 2 is 2.23 bits per heavy atom. The van der Waals surface area contributed by atoms with Crippen LogP contribution in [0.2, 0.25) is 5.02 Å². The number of rotatable bonds is 1. The van der Waals surface area contributed by atoms with Gasteiger partial charge in [-0.05, 0) is 17.7 Å². The van der Waals surface area contributed by atoms with Gasteiger partial charge in [-0.3, -0.25) is 0 Å². The van der Waals surface area contributed by atoms with Crippen molar-refractivity contribution in [1.29, 1.82) is 0 Å². The summed E-state index contributed by atoms with van der Waals surface area (Å²) in [6.07, 6.45) is 1.50. The van der Waals surface area contributed by atoms with Crippen LogP contribution in [0.1, 0.15) is 0 Å². The van der Waals surface area contributed by atoms with Gasteiger partial charge in [0.25, 0.3) is 0 Å². The largest absolute Gasteiger partial charge is 0.380 e. The maximum atomic E-state index is 5.82. The molecule has 4 heteroatoms. The Kier molecular flexibility index (Phi) is 1.94. The van der Waals surface area contributed by atoms with E-state index in [4.69, 9.17) is 21.9 Å². The highest BCUT2D eigenvalue weighted by Crippen LogP contribution is 2.26. The maximum Gasteiger partial charge on any atom is 0.174 e. The fourth-order valence-electron chi connectivity index (χ4n) is 1.12. The molecule has 1 aromatic carbocycles. The average molecular weight is 195 g/mol. The molecule has 0 aliphatic rings. The predicted octanol–water partition coefficient (Wildman–Crippen LogP) is 2.58. The summed E-state index contributed by atoms with van der Waals surface area (Å²) in [7, 11) is 0. The number of hydrogen-bond acceptors (Lipinski definition) is 3. The summed E-state index contributed by atoms with van der Waals surface area (Å²) in [6, 6.07) is 7.36. The highest BCUT2D eigenvalue weighted by molar-refractivity contribution is 6.30. The summed E-state index contributed by atoms with van der Waals surface area (Å²) in [6.45, 7) is 0. The molecule has 0 fully saturated rings. The minimum absolute atomic E-state index is 0.377. The Hall–Kier alpha value is -1.48. The second-order valence-electron chi connectivity index (χ2n) is 2.62. The van der Waals surface area contributed by atoms with Crippen LogP contribution in [-0.4, -0.2) is 5.16 Å². The lowest BCUT2D eigenvalue weighted by molar-refractivity contribution is 0.423. The van der Waals surface area contributed by atoms with E-state index in [9.17, 15) is 0 Å². The molecule has 0 aliphatic carbocycles. The van der Waals surface area contributed by atoms with Crippen molar-refractivity contribution in [2.24, 2.45) is 0 Å². The van der Waals surface area contributed by atoms with Gasteiger partial charge >= 0.3 is 0 Å². The van der Waals surface area contributed by atoms with Crippen LogP contribution >= 0.6 is 11.6 Å². The summed E-state index contributed by atoms with van der Waals surface area (Å²) in [5.74, 6) is 0.377. The molecule has 0 aliphatic heterocycles. The Labute approximate surface area is 80.1 Å². The molecule has 0 saturated heterocycles. The number of anilines is 1. The smallest absolute Gasteiger partial charge is 0.174 e. The van der Waals surface area contributed by atoms with Gasteiger partial charge in [-0.1, -0.05) is 28.9 Å². The molecule has 66 valence electrons. The van der Waals surface area contributed by atoms with Crippen molar-refractivity contribution < 1.29 is 4.52 Å². The van der Waals surface area contributed by atoms with E-state index >= 15 is 0 Å². The van der Waals surface area contributed by atoms with E-state index in [1.54, 1.807) is 6.07 Å². The van der Waals surface area contributed by atoms with Gasteiger partial charge in [-0.2, -0.15) is 0 Å². The first-order valence-electron chi connectivity index (χ1n) is 3.73. The second kappa shape index (κ2) is 3.11. The third-order valence-electron chi connectivity index (χ3n) is 1.73. The first kappa shape index (κ1) is 8.13. The molecule has 1 aromatic heterocycles. The first-order chi connectivity index (χ1) is 6.27. The Balaban J connectivity index is 2.53. The number of nitrogens with two attached hydrogens (primary N) is 1. The minimum Gasteiger partial charge on any atom is -0.380 e. The molecule has 0 spiro atoms. The highest BCUT2D eigenvalue weighted by atomic mass is 35.5. The van der Waals surface area contributed by atoms with Crippen molar-refractivity contribution in [2.45, 2.75) is 0 Å². The molecule has 2 aromatic rings. The summed E-state index contributed by atoms with van der Waals surface area (Å²) in [5, 5.41) is 4.25. The van der Waals surface area contributed by atoms with Crippen molar-refractivity contribution in [2.75, 3.05) is 5.73 Å². The quantitative estimate of drug-likeness (QED) is 0.759. The van der Waals surface area contributed by atoms with Crippen LogP contribution in [0.15, 0.2) is 35.1 Å². The molecule has 0 bridgehead atoms. The number of nitrogens with zero attached hydrogens (tertiary/aromatic N) is 1. The maximum absolute atomic E-state index is 5.82. The van der Waals surface area contributed by atoms with E-state index in [0.717, 1.165) is 11.1 Å². The van der Waals surface area contributed by atoms with Gasteiger partial charge in [0.1, 0.15) is 6.26 Å². The highest BCUT2D eigenvalue weighted by Gasteiger charge is 2.06. The van der Waals surface area contributed by atoms with E-state index < -0.39 is 0 Å². The number of aromatic nitrogens is 1. The Bertz CT molecular complexity index is 425. The molecule has 1 heterocycles. The lowest BCUT2D eigenvalue weighted by atomic mass is 10.1. The van der Waals surface area contributed by atoms with Crippen LogP contribution in [0.25, 0.3) is 11.1 Å². The van der Waals surface area contributed by atoms with Gasteiger partial charge in [0.15, 0.2) is 5.82 Å². The molecule has 0 radical (unpaired) electrons. The number of halogens is 1. The van der Waals surface area contributed by atoms with Gasteiger partial charge in [0.2, 0.25) is 0 Å². The fourth-order valence-corrected chi connectivity index (χ4v) is 1.31. The minimum atomic E-state index is 0.377. The van der Waals surface area contributed by atoms with Gasteiger partial charge in [-0.15, -0.1) is 0 Å². The summed E-state index contributed by atoms with van der Waals surface area (Å²) >= 11 is 5.82. The zero-order chi connectivity index (χ0) is 9.26. The molecule has 0 saturated carbocycles. The lowest BCUT2D eigenvalue weighted by Gasteiger charge is -1.97. The van der Waals surface area contributed by atoms with Gasteiger partial charge in [0, 0.05) is 5.02 Å². The van der Waals surface area contributed by atoms with Crippen LogP contribution < -0.4 is 5.73 Å². The molecule has 3 nitrogen and oxygen atoms in total. The van der Waals surface area contributed by atoms with E-state index in [2.05, 4.69) is 5.16 Å². The lowest BCUT2D eigenvalue weighted by Crippen LogP contribution is -1.86. The molecule has 13 heavy (non-hydrogen) atoms. The molecule has 2 N–H and O–H groups in total. The number of hydrogen-bond donors (Lipinski definition) is 1. The summed E-state index contributed by atoms with van der Waals surface area (Å²) < 4.78 is 4.72. The fraction of sp³-hybridized carbons (Fsp3) is 0. The normalized spacial score (nSPS) is 10.2. The van der Waals surface area contributed by atoms with Crippen molar-refractivity contribution in [3.05, 3.63) is 35.6 Å². The number of benzene rings is 1. The standard InChI is InChI=1S/C9H7ClN2O/c10-7-3-1-2-6(4-7)8-5-13-12-9(8)11/h1-5H,(H2,11,12). The SMILES string of the molecule is Nc1nocc1-c1cccc(Cl)c1. The van der Waals surface area contributed by atoms with Crippen molar-refractivity contribution >= 4 is 17.4 Å². The molecular weight excluding hydrogens is 188 g/mol. The van der Waals surface area contributed by atoms with Crippen molar-refractivity contribution in [3.8, 4) is 11.1 Å². The van der Waals surface area contributed by atoms with E-state index in [1.165, 1.54) is 6.26 Å². The molecule has 0 amide bonds. The van der Waals surface area contributed by atoms with Gasteiger partial charge < -0.3 is 10.3 Å². The second-order valence-corrected chi connectivity index (χ2v) is 3.06. The van der Waals surface area contributed by atoms with Gasteiger partial charge in [-0.25, -0.2) is 0 Å². The van der Waals surface area contributed by atoms with Crippen LogP contribution in [0.5, 0.6) is 0 Å². The van der Waals surface area contributed by atoms with Crippen LogP contribution in [0, 0.1) is 0 Å².